The molecule has 15 heavy (non-hydrogen) atoms. The van der Waals surface area contributed by atoms with Crippen LogP contribution in [-0.2, 0) is 14.6 Å². The lowest BCUT2D eigenvalue weighted by Crippen LogP contribution is -2.43. The van der Waals surface area contributed by atoms with E-state index in [4.69, 9.17) is 5.73 Å². The zero-order valence-corrected chi connectivity index (χ0v) is 10.6. The molecule has 0 fully saturated rings. The van der Waals surface area contributed by atoms with Crippen molar-refractivity contribution in [2.75, 3.05) is 12.0 Å². The van der Waals surface area contributed by atoms with Crippen molar-refractivity contribution >= 4 is 33.0 Å². The number of rotatable bonds is 5. The van der Waals surface area contributed by atoms with Gasteiger partial charge in [-0.3, -0.25) is 4.79 Å². The van der Waals surface area contributed by atoms with Gasteiger partial charge in [-0.1, -0.05) is 12.2 Å². The summed E-state index contributed by atoms with van der Waals surface area (Å²) in [5.74, 6) is -1.02. The summed E-state index contributed by atoms with van der Waals surface area (Å²) in [7, 11) is -3.09. The Morgan fingerprint density at radius 1 is 1.47 bits per heavy atom. The Morgan fingerprint density at radius 3 is 2.27 bits per heavy atom. The molecule has 1 amide bonds. The van der Waals surface area contributed by atoms with E-state index in [1.807, 2.05) is 0 Å². The van der Waals surface area contributed by atoms with Gasteiger partial charge in [0.2, 0.25) is 5.91 Å². The highest BCUT2D eigenvalue weighted by molar-refractivity contribution is 7.90. The summed E-state index contributed by atoms with van der Waals surface area (Å²) < 4.78 is 21.9. The molecule has 0 spiro atoms. The van der Waals surface area contributed by atoms with Crippen LogP contribution in [0.1, 0.15) is 13.8 Å². The van der Waals surface area contributed by atoms with Gasteiger partial charge in [0.05, 0.1) is 16.7 Å². The standard InChI is InChI=1S/C8H16N2O3S2/c1-5(4-15(3,12)13)10-8(11)6(2)7(9)14/h5-6H,4H2,1-3H3,(H2,9,14)(H,10,11). The van der Waals surface area contributed by atoms with Gasteiger partial charge in [-0.15, -0.1) is 0 Å². The number of carbonyl (C=O) groups is 1. The van der Waals surface area contributed by atoms with Crippen LogP contribution in [0.4, 0.5) is 0 Å². The summed E-state index contributed by atoms with van der Waals surface area (Å²) in [6.45, 7) is 3.19. The third-order valence-electron chi connectivity index (χ3n) is 1.76. The SMILES string of the molecule is CC(CS(C)(=O)=O)NC(=O)C(C)C(N)=S. The minimum absolute atomic E-state index is 0.0945. The van der Waals surface area contributed by atoms with Crippen LogP contribution in [0, 0.1) is 5.92 Å². The molecule has 0 aliphatic rings. The second-order valence-corrected chi connectivity index (χ2v) is 6.28. The minimum atomic E-state index is -3.09. The number of nitrogens with two attached hydrogens (primary N) is 1. The Kier molecular flexibility index (Phi) is 5.16. The van der Waals surface area contributed by atoms with Crippen LogP contribution in [0.2, 0.25) is 0 Å². The fourth-order valence-electron chi connectivity index (χ4n) is 0.993. The third-order valence-corrected chi connectivity index (χ3v) is 3.22. The molecule has 2 atom stereocenters. The van der Waals surface area contributed by atoms with E-state index >= 15 is 0 Å². The van der Waals surface area contributed by atoms with Crippen molar-refractivity contribution in [3.63, 3.8) is 0 Å². The first-order valence-corrected chi connectivity index (χ1v) is 6.87. The van der Waals surface area contributed by atoms with Gasteiger partial charge in [-0.25, -0.2) is 8.42 Å². The molecule has 0 saturated heterocycles. The molecule has 0 bridgehead atoms. The van der Waals surface area contributed by atoms with Crippen LogP contribution in [0.15, 0.2) is 0 Å². The largest absolute Gasteiger partial charge is 0.393 e. The third kappa shape index (κ3) is 6.40. The first-order valence-electron chi connectivity index (χ1n) is 4.41. The molecular weight excluding hydrogens is 236 g/mol. The molecule has 0 aromatic heterocycles. The number of thiocarbonyl (C=S) groups is 1. The Morgan fingerprint density at radius 2 is 1.93 bits per heavy atom. The Balaban J connectivity index is 4.25. The molecule has 88 valence electrons. The quantitative estimate of drug-likeness (QED) is 0.641. The first kappa shape index (κ1) is 14.3. The fourth-order valence-corrected chi connectivity index (χ4v) is 2.09. The van der Waals surface area contributed by atoms with Crippen LogP contribution in [0.5, 0.6) is 0 Å². The molecule has 0 aromatic rings. The lowest BCUT2D eigenvalue weighted by atomic mass is 10.1. The summed E-state index contributed by atoms with van der Waals surface area (Å²) in [6.07, 6.45) is 1.12. The average Bonchev–Trinajstić information content (AvgIpc) is 1.98. The summed E-state index contributed by atoms with van der Waals surface area (Å²) in [4.78, 5) is 11.5. The number of carbonyl (C=O) groups excluding carboxylic acids is 1. The van der Waals surface area contributed by atoms with Gasteiger partial charge < -0.3 is 11.1 Å². The maximum Gasteiger partial charge on any atom is 0.229 e. The van der Waals surface area contributed by atoms with Gasteiger partial charge >= 0.3 is 0 Å². The van der Waals surface area contributed by atoms with Gasteiger partial charge in [0.25, 0.3) is 0 Å². The second kappa shape index (κ2) is 5.41. The van der Waals surface area contributed by atoms with Crippen molar-refractivity contribution in [1.29, 1.82) is 0 Å². The Hall–Kier alpha value is -0.690. The van der Waals surface area contributed by atoms with E-state index in [1.165, 1.54) is 0 Å². The second-order valence-electron chi connectivity index (χ2n) is 3.63. The van der Waals surface area contributed by atoms with Crippen LogP contribution < -0.4 is 11.1 Å². The Labute approximate surface area is 95.3 Å². The van der Waals surface area contributed by atoms with E-state index in [9.17, 15) is 13.2 Å². The van der Waals surface area contributed by atoms with Gasteiger partial charge in [-0.2, -0.15) is 0 Å². The van der Waals surface area contributed by atoms with Crippen LogP contribution in [-0.4, -0.2) is 37.4 Å². The van der Waals surface area contributed by atoms with Crippen molar-refractivity contribution in [2.24, 2.45) is 11.7 Å². The van der Waals surface area contributed by atoms with Crippen molar-refractivity contribution in [3.05, 3.63) is 0 Å². The zero-order valence-electron chi connectivity index (χ0n) is 8.98. The molecule has 0 aliphatic heterocycles. The maximum absolute atomic E-state index is 11.4. The summed E-state index contributed by atoms with van der Waals surface area (Å²) >= 11 is 4.66. The Bertz CT molecular complexity index is 351. The van der Waals surface area contributed by atoms with E-state index in [0.717, 1.165) is 6.26 Å². The summed E-state index contributed by atoms with van der Waals surface area (Å²) in [5, 5.41) is 2.53. The van der Waals surface area contributed by atoms with Gasteiger partial charge in [0, 0.05) is 12.3 Å². The highest BCUT2D eigenvalue weighted by atomic mass is 32.2. The molecule has 2 unspecified atom stereocenters. The number of amides is 1. The van der Waals surface area contributed by atoms with Crippen LogP contribution in [0.3, 0.4) is 0 Å². The first-order chi connectivity index (χ1) is 6.63. The highest BCUT2D eigenvalue weighted by Crippen LogP contribution is 1.97. The minimum Gasteiger partial charge on any atom is -0.393 e. The number of sulfone groups is 1. The summed E-state index contributed by atoms with van der Waals surface area (Å²) in [5.41, 5.74) is 5.29. The topological polar surface area (TPSA) is 89.3 Å². The predicted molar refractivity (Wildman–Crippen MR) is 63.3 cm³/mol. The lowest BCUT2D eigenvalue weighted by molar-refractivity contribution is -0.123. The molecular formula is C8H16N2O3S2. The van der Waals surface area contributed by atoms with Gasteiger partial charge in [0.1, 0.15) is 9.84 Å². The van der Waals surface area contributed by atoms with Crippen molar-refractivity contribution < 1.29 is 13.2 Å². The lowest BCUT2D eigenvalue weighted by Gasteiger charge is -2.15. The van der Waals surface area contributed by atoms with Crippen molar-refractivity contribution in [1.82, 2.24) is 5.32 Å². The number of hydrogen-bond acceptors (Lipinski definition) is 4. The van der Waals surface area contributed by atoms with E-state index in [1.54, 1.807) is 13.8 Å². The van der Waals surface area contributed by atoms with E-state index in [2.05, 4.69) is 17.5 Å². The fraction of sp³-hybridized carbons (Fsp3) is 0.750. The monoisotopic (exact) mass is 252 g/mol. The highest BCUT2D eigenvalue weighted by Gasteiger charge is 2.19. The van der Waals surface area contributed by atoms with Gasteiger partial charge in [-0.05, 0) is 13.8 Å². The maximum atomic E-state index is 11.4. The molecule has 0 aliphatic carbocycles. The normalized spacial score (nSPS) is 15.4. The number of nitrogens with one attached hydrogen (secondary N) is 1. The molecule has 0 heterocycles. The zero-order chi connectivity index (χ0) is 12.2. The van der Waals surface area contributed by atoms with Crippen LogP contribution >= 0.6 is 12.2 Å². The summed E-state index contributed by atoms with van der Waals surface area (Å²) in [6, 6.07) is -0.440. The van der Waals surface area contributed by atoms with Gasteiger partial charge in [0.15, 0.2) is 0 Å². The molecule has 0 aromatic carbocycles. The van der Waals surface area contributed by atoms with E-state index < -0.39 is 21.8 Å². The smallest absolute Gasteiger partial charge is 0.229 e. The van der Waals surface area contributed by atoms with Crippen molar-refractivity contribution in [3.8, 4) is 0 Å². The molecule has 0 radical (unpaired) electrons. The molecule has 3 N–H and O–H groups in total. The van der Waals surface area contributed by atoms with Crippen molar-refractivity contribution in [2.45, 2.75) is 19.9 Å². The molecule has 7 heteroatoms. The van der Waals surface area contributed by atoms with Crippen LogP contribution in [0.25, 0.3) is 0 Å². The van der Waals surface area contributed by atoms with E-state index in [0.29, 0.717) is 0 Å². The number of hydrogen-bond donors (Lipinski definition) is 2. The molecule has 5 nitrogen and oxygen atoms in total. The average molecular weight is 252 g/mol. The van der Waals surface area contributed by atoms with E-state index in [-0.39, 0.29) is 16.6 Å². The molecule has 0 saturated carbocycles. The predicted octanol–water partition coefficient (Wildman–Crippen LogP) is -0.542. The molecule has 0 rings (SSSR count).